The zero-order valence-electron chi connectivity index (χ0n) is 20.5. The molecule has 0 saturated heterocycles. The molecule has 0 bridgehead atoms. The van der Waals surface area contributed by atoms with Crippen LogP contribution in [0.15, 0.2) is 91.0 Å². The zero-order valence-corrected chi connectivity index (χ0v) is 26.6. The molecule has 0 spiro atoms. The molecule has 3 rings (SSSR count). The number of alkyl halides is 6. The Morgan fingerprint density at radius 1 is 0.450 bits per heavy atom. The molecule has 0 N–H and O–H groups in total. The molecule has 0 unspecified atom stereocenters. The van der Waals surface area contributed by atoms with Gasteiger partial charge in [0.05, 0.1) is 17.9 Å². The van der Waals surface area contributed by atoms with Gasteiger partial charge in [0.15, 0.2) is 13.0 Å². The van der Waals surface area contributed by atoms with Crippen molar-refractivity contribution in [1.82, 2.24) is 0 Å². The van der Waals surface area contributed by atoms with E-state index in [1.54, 1.807) is 72.8 Å². The van der Waals surface area contributed by atoms with Gasteiger partial charge in [0.1, 0.15) is 0 Å². The molecule has 0 fully saturated rings. The fourth-order valence-electron chi connectivity index (χ4n) is 2.77. The van der Waals surface area contributed by atoms with Crippen LogP contribution in [-0.4, -0.2) is 30.9 Å². The fraction of sp³-hybridized carbons (Fsp3) is 0.222. The van der Waals surface area contributed by atoms with Crippen molar-refractivity contribution in [2.24, 2.45) is 0 Å². The molecule has 40 heavy (non-hydrogen) atoms. The number of carboxylic acid groups (broad SMARTS) is 3. The van der Waals surface area contributed by atoms with Gasteiger partial charge in [-0.25, -0.2) is 0 Å². The molecule has 3 aromatic carbocycles. The first kappa shape index (κ1) is 38.5. The number of benzene rings is 3. The summed E-state index contributed by atoms with van der Waals surface area (Å²) in [4.78, 5) is 31.4. The molecule has 6 nitrogen and oxygen atoms in total. The van der Waals surface area contributed by atoms with E-state index < -0.39 is 30.9 Å². The topological polar surface area (TPSA) is 120 Å². The van der Waals surface area contributed by atoms with Crippen LogP contribution < -0.4 is 15.3 Å². The Morgan fingerprint density at radius 3 is 0.775 bits per heavy atom. The van der Waals surface area contributed by atoms with Gasteiger partial charge in [0, 0.05) is 19.3 Å². The Hall–Kier alpha value is -1.48. The fourth-order valence-corrected chi connectivity index (χ4v) is 3.70. The summed E-state index contributed by atoms with van der Waals surface area (Å²) in [5.41, 5.74) is 2.28. The quantitative estimate of drug-likeness (QED) is 0.249. The summed E-state index contributed by atoms with van der Waals surface area (Å²) >= 11 is 33.1. The van der Waals surface area contributed by atoms with Crippen LogP contribution in [0.25, 0.3) is 0 Å². The van der Waals surface area contributed by atoms with Crippen molar-refractivity contribution in [2.45, 2.75) is 32.3 Å². The first-order valence-electron chi connectivity index (χ1n) is 11.0. The first-order chi connectivity index (χ1) is 18.1. The Balaban J connectivity index is 0.000000563. The monoisotopic (exact) mass is 699 g/mol. The molecule has 0 atom stereocenters. The van der Waals surface area contributed by atoms with Crippen molar-refractivity contribution in [3.05, 3.63) is 108 Å². The van der Waals surface area contributed by atoms with Gasteiger partial charge in [0.2, 0.25) is 0 Å². The molecule has 3 aromatic rings. The van der Waals surface area contributed by atoms with Crippen LogP contribution in [0.3, 0.4) is 0 Å². The van der Waals surface area contributed by atoms with Crippen molar-refractivity contribution >= 4 is 87.5 Å². The van der Waals surface area contributed by atoms with Crippen molar-refractivity contribution in [3.63, 3.8) is 0 Å². The second-order valence-corrected chi connectivity index (χ2v) is 12.4. The Labute approximate surface area is 277 Å². The number of halogens is 6. The Bertz CT molecular complexity index is 1040. The smallest absolute Gasteiger partial charge is 0.547 e. The predicted molar refractivity (Wildman–Crippen MR) is 149 cm³/mol. The van der Waals surface area contributed by atoms with Crippen LogP contribution >= 0.6 is 69.6 Å². The minimum Gasteiger partial charge on any atom is -0.547 e. The maximum absolute atomic E-state index is 10.5. The van der Waals surface area contributed by atoms with Gasteiger partial charge in [-0.05, 0) is 16.7 Å². The van der Waals surface area contributed by atoms with Gasteiger partial charge < -0.3 is 29.7 Å². The van der Waals surface area contributed by atoms with Crippen LogP contribution in [0.2, 0.25) is 0 Å². The summed E-state index contributed by atoms with van der Waals surface area (Å²) in [6.07, 6.45) is 0.123. The van der Waals surface area contributed by atoms with Crippen molar-refractivity contribution in [2.75, 3.05) is 0 Å². The van der Waals surface area contributed by atoms with E-state index in [-0.39, 0.29) is 41.0 Å². The SMILES string of the molecule is O=C([O-])C(Cl)(Cl)Cc1ccccc1.O=C([O-])C(Cl)(Cl)Cc1ccccc1.O=C([O-])C(Cl)(Cl)Cc1ccccc1.[Ti+3]. The van der Waals surface area contributed by atoms with Crippen LogP contribution in [0.4, 0.5) is 0 Å². The molecule has 0 saturated carbocycles. The maximum atomic E-state index is 10.5. The summed E-state index contributed by atoms with van der Waals surface area (Å²) in [5.74, 6) is -4.42. The molecule has 0 aliphatic heterocycles. The molecule has 0 aliphatic carbocycles. The summed E-state index contributed by atoms with van der Waals surface area (Å²) in [6, 6.07) is 26.7. The van der Waals surface area contributed by atoms with Crippen LogP contribution in [0.1, 0.15) is 16.7 Å². The number of carbonyl (C=O) groups is 3. The largest absolute Gasteiger partial charge is 3.00 e. The van der Waals surface area contributed by atoms with Gasteiger partial charge in [-0.15, -0.1) is 0 Å². The second-order valence-electron chi connectivity index (χ2n) is 7.96. The average molecular weight is 702 g/mol. The van der Waals surface area contributed by atoms with Gasteiger partial charge in [0.25, 0.3) is 0 Å². The first-order valence-corrected chi connectivity index (χ1v) is 13.2. The Kier molecular flexibility index (Phi) is 17.5. The minimum atomic E-state index is -1.85. The van der Waals surface area contributed by atoms with E-state index in [0.29, 0.717) is 0 Å². The third-order valence-electron chi connectivity index (χ3n) is 4.70. The molecule has 13 heteroatoms. The normalized spacial score (nSPS) is 10.9. The van der Waals surface area contributed by atoms with Gasteiger partial charge in [-0.3, -0.25) is 0 Å². The zero-order chi connectivity index (χ0) is 29.7. The number of hydrogen-bond donors (Lipinski definition) is 0. The van der Waals surface area contributed by atoms with Crippen molar-refractivity contribution in [3.8, 4) is 0 Å². The van der Waals surface area contributed by atoms with Crippen LogP contribution in [0.5, 0.6) is 0 Å². The van der Waals surface area contributed by atoms with Gasteiger partial charge in [-0.1, -0.05) is 161 Å². The molecular weight excluding hydrogens is 681 g/mol. The standard InChI is InChI=1S/3C9H8Cl2O2.Ti/c3*10-9(11,8(12)13)6-7-4-2-1-3-5-7;/h3*1-5H,6H2,(H,12,13);/q;;;+3/p-3. The van der Waals surface area contributed by atoms with Crippen LogP contribution in [0, 0.1) is 0 Å². The van der Waals surface area contributed by atoms with E-state index in [1.165, 1.54) is 0 Å². The number of rotatable bonds is 9. The third kappa shape index (κ3) is 15.0. The Morgan fingerprint density at radius 2 is 0.625 bits per heavy atom. The molecule has 0 amide bonds. The minimum absolute atomic E-state index is 0. The van der Waals surface area contributed by atoms with E-state index in [9.17, 15) is 29.7 Å². The molecule has 1 radical (unpaired) electrons. The van der Waals surface area contributed by atoms with E-state index in [1.807, 2.05) is 18.2 Å². The molecule has 0 heterocycles. The van der Waals surface area contributed by atoms with Crippen LogP contribution in [-0.2, 0) is 55.4 Å². The van der Waals surface area contributed by atoms with E-state index >= 15 is 0 Å². The van der Waals surface area contributed by atoms with Gasteiger partial charge in [-0.2, -0.15) is 0 Å². The number of carbonyl (C=O) groups excluding carboxylic acids is 3. The van der Waals surface area contributed by atoms with E-state index in [2.05, 4.69) is 0 Å². The second kappa shape index (κ2) is 18.1. The van der Waals surface area contributed by atoms with Crippen molar-refractivity contribution in [1.29, 1.82) is 0 Å². The van der Waals surface area contributed by atoms with Gasteiger partial charge >= 0.3 is 21.7 Å². The molecule has 0 aliphatic rings. The average Bonchev–Trinajstić information content (AvgIpc) is 2.86. The predicted octanol–water partition coefficient (Wildman–Crippen LogP) is 3.46. The molecular formula is C27H21Cl6O6Ti. The molecule has 0 aromatic heterocycles. The number of aliphatic carboxylic acids is 3. The summed E-state index contributed by atoms with van der Waals surface area (Å²) < 4.78 is -5.54. The number of hydrogen-bond acceptors (Lipinski definition) is 6. The summed E-state index contributed by atoms with van der Waals surface area (Å²) in [5, 5.41) is 31.4. The third-order valence-corrected chi connectivity index (χ3v) is 6.43. The van der Waals surface area contributed by atoms with Crippen molar-refractivity contribution < 1.29 is 51.4 Å². The maximum Gasteiger partial charge on any atom is 3.00 e. The summed E-state index contributed by atoms with van der Waals surface area (Å²) in [7, 11) is 0. The van der Waals surface area contributed by atoms with E-state index in [0.717, 1.165) is 16.7 Å². The van der Waals surface area contributed by atoms with E-state index in [4.69, 9.17) is 69.6 Å². The number of carboxylic acids is 3. The molecule has 211 valence electrons. The summed E-state index contributed by atoms with van der Waals surface area (Å²) in [6.45, 7) is 0.